The highest BCUT2D eigenvalue weighted by Gasteiger charge is 2.10. The molecule has 0 aliphatic heterocycles. The van der Waals surface area contributed by atoms with Gasteiger partial charge in [0.2, 0.25) is 0 Å². The number of fused-ring (bicyclic) bond motifs is 1. The van der Waals surface area contributed by atoms with E-state index in [1.807, 2.05) is 24.3 Å². The van der Waals surface area contributed by atoms with E-state index in [4.69, 9.17) is 10.2 Å². The summed E-state index contributed by atoms with van der Waals surface area (Å²) in [6.45, 7) is 0. The quantitative estimate of drug-likeness (QED) is 0.718. The van der Waals surface area contributed by atoms with E-state index in [9.17, 15) is 0 Å². The van der Waals surface area contributed by atoms with Crippen molar-refractivity contribution in [2.45, 2.75) is 0 Å². The molecule has 0 amide bonds. The number of aromatic amines is 1. The summed E-state index contributed by atoms with van der Waals surface area (Å²) in [7, 11) is 0. The van der Waals surface area contributed by atoms with Crippen LogP contribution in [0.5, 0.6) is 0 Å². The van der Waals surface area contributed by atoms with E-state index in [-0.39, 0.29) is 0 Å². The van der Waals surface area contributed by atoms with E-state index in [0.29, 0.717) is 17.1 Å². The molecule has 3 rings (SSSR count). The van der Waals surface area contributed by atoms with Gasteiger partial charge in [0.05, 0.1) is 11.9 Å². The molecule has 16 heavy (non-hydrogen) atoms. The Labute approximate surface area is 99.6 Å². The fourth-order valence-corrected chi connectivity index (χ4v) is 1.96. The number of halogens is 1. The molecule has 2 aromatic heterocycles. The molecule has 0 bridgehead atoms. The molecule has 3 aromatic rings. The second kappa shape index (κ2) is 3.38. The largest absolute Gasteiger partial charge is 0.454 e. The molecule has 0 aliphatic carbocycles. The fraction of sp³-hybridized carbons (Fsp3) is 0. The van der Waals surface area contributed by atoms with E-state index in [1.54, 1.807) is 6.20 Å². The summed E-state index contributed by atoms with van der Waals surface area (Å²) in [6.07, 6.45) is 1.57. The van der Waals surface area contributed by atoms with Gasteiger partial charge in [-0.1, -0.05) is 15.9 Å². The van der Waals surface area contributed by atoms with Gasteiger partial charge < -0.3 is 10.2 Å². The first kappa shape index (κ1) is 9.47. The Kier molecular flexibility index (Phi) is 2.00. The molecule has 0 atom stereocenters. The SMILES string of the molecule is Nc1cn[nH]c1-c1cc2ccc(Br)cc2o1. The molecule has 1 aromatic carbocycles. The van der Waals surface area contributed by atoms with Crippen LogP contribution < -0.4 is 5.73 Å². The lowest BCUT2D eigenvalue weighted by Crippen LogP contribution is -1.84. The van der Waals surface area contributed by atoms with Crippen LogP contribution in [0.2, 0.25) is 0 Å². The number of rotatable bonds is 1. The molecule has 0 spiro atoms. The van der Waals surface area contributed by atoms with Crippen molar-refractivity contribution in [3.05, 3.63) is 34.9 Å². The van der Waals surface area contributed by atoms with Crippen LogP contribution in [0.25, 0.3) is 22.4 Å². The lowest BCUT2D eigenvalue weighted by atomic mass is 10.2. The first-order valence-corrected chi connectivity index (χ1v) is 5.51. The number of benzene rings is 1. The maximum atomic E-state index is 5.76. The highest BCUT2D eigenvalue weighted by atomic mass is 79.9. The number of hydrogen-bond acceptors (Lipinski definition) is 3. The van der Waals surface area contributed by atoms with Crippen molar-refractivity contribution in [1.82, 2.24) is 10.2 Å². The highest BCUT2D eigenvalue weighted by molar-refractivity contribution is 9.10. The molecule has 0 unspecified atom stereocenters. The maximum Gasteiger partial charge on any atom is 0.155 e. The van der Waals surface area contributed by atoms with Crippen LogP contribution in [0.4, 0.5) is 5.69 Å². The fourth-order valence-electron chi connectivity index (χ4n) is 1.62. The highest BCUT2D eigenvalue weighted by Crippen LogP contribution is 2.30. The summed E-state index contributed by atoms with van der Waals surface area (Å²) in [4.78, 5) is 0. The minimum Gasteiger partial charge on any atom is -0.454 e. The molecule has 0 radical (unpaired) electrons. The Balaban J connectivity index is 2.23. The van der Waals surface area contributed by atoms with E-state index in [1.165, 1.54) is 0 Å². The van der Waals surface area contributed by atoms with Gasteiger partial charge in [0, 0.05) is 9.86 Å². The number of nitrogens with one attached hydrogen (secondary N) is 1. The Morgan fingerprint density at radius 3 is 2.94 bits per heavy atom. The van der Waals surface area contributed by atoms with Gasteiger partial charge in [-0.25, -0.2) is 0 Å². The molecule has 4 nitrogen and oxygen atoms in total. The van der Waals surface area contributed by atoms with Crippen LogP contribution in [0.15, 0.2) is 39.4 Å². The standard InChI is InChI=1S/C11H8BrN3O/c12-7-2-1-6-3-10(16-9(6)4-7)11-8(13)5-14-15-11/h1-5H,13H2,(H,14,15). The van der Waals surface area contributed by atoms with E-state index >= 15 is 0 Å². The van der Waals surface area contributed by atoms with Crippen LogP contribution in [-0.2, 0) is 0 Å². The molecular formula is C11H8BrN3O. The Morgan fingerprint density at radius 2 is 2.19 bits per heavy atom. The third-order valence-electron chi connectivity index (χ3n) is 2.40. The van der Waals surface area contributed by atoms with Crippen molar-refractivity contribution in [3.63, 3.8) is 0 Å². The minimum absolute atomic E-state index is 0.582. The van der Waals surface area contributed by atoms with Gasteiger partial charge in [-0.15, -0.1) is 0 Å². The predicted octanol–water partition coefficient (Wildman–Crippen LogP) is 3.17. The number of nitrogen functional groups attached to an aromatic ring is 1. The van der Waals surface area contributed by atoms with Gasteiger partial charge >= 0.3 is 0 Å². The number of hydrogen-bond donors (Lipinski definition) is 2. The van der Waals surface area contributed by atoms with Crippen molar-refractivity contribution >= 4 is 32.6 Å². The molecule has 80 valence electrons. The van der Waals surface area contributed by atoms with Crippen molar-refractivity contribution in [2.24, 2.45) is 0 Å². The maximum absolute atomic E-state index is 5.76. The smallest absolute Gasteiger partial charge is 0.155 e. The van der Waals surface area contributed by atoms with E-state index in [0.717, 1.165) is 15.4 Å². The summed E-state index contributed by atoms with van der Waals surface area (Å²) in [5.74, 6) is 0.697. The van der Waals surface area contributed by atoms with Crippen molar-refractivity contribution in [2.75, 3.05) is 5.73 Å². The van der Waals surface area contributed by atoms with Crippen molar-refractivity contribution < 1.29 is 4.42 Å². The van der Waals surface area contributed by atoms with E-state index in [2.05, 4.69) is 26.1 Å². The monoisotopic (exact) mass is 277 g/mol. The molecule has 0 aliphatic rings. The third-order valence-corrected chi connectivity index (χ3v) is 2.89. The lowest BCUT2D eigenvalue weighted by Gasteiger charge is -1.91. The zero-order valence-corrected chi connectivity index (χ0v) is 9.78. The molecule has 0 saturated heterocycles. The summed E-state index contributed by atoms with van der Waals surface area (Å²) in [5, 5.41) is 7.72. The molecule has 5 heteroatoms. The molecule has 2 heterocycles. The Bertz CT molecular complexity index is 656. The van der Waals surface area contributed by atoms with Crippen LogP contribution in [0.1, 0.15) is 0 Å². The number of anilines is 1. The van der Waals surface area contributed by atoms with Crippen molar-refractivity contribution in [1.29, 1.82) is 0 Å². The van der Waals surface area contributed by atoms with Gasteiger partial charge in [0.15, 0.2) is 5.76 Å². The minimum atomic E-state index is 0.582. The normalized spacial score (nSPS) is 11.1. The number of furan rings is 1. The zero-order chi connectivity index (χ0) is 11.1. The molecular weight excluding hydrogens is 270 g/mol. The second-order valence-corrected chi connectivity index (χ2v) is 4.41. The van der Waals surface area contributed by atoms with Gasteiger partial charge in [-0.3, -0.25) is 5.10 Å². The summed E-state index contributed by atoms with van der Waals surface area (Å²) in [6, 6.07) is 7.81. The van der Waals surface area contributed by atoms with Crippen molar-refractivity contribution in [3.8, 4) is 11.5 Å². The first-order valence-electron chi connectivity index (χ1n) is 4.72. The second-order valence-electron chi connectivity index (χ2n) is 3.49. The number of nitrogens with zero attached hydrogens (tertiary/aromatic N) is 1. The van der Waals surface area contributed by atoms with Crippen LogP contribution in [-0.4, -0.2) is 10.2 Å². The van der Waals surface area contributed by atoms with Gasteiger partial charge in [0.25, 0.3) is 0 Å². The van der Waals surface area contributed by atoms with Crippen LogP contribution in [0.3, 0.4) is 0 Å². The summed E-state index contributed by atoms with van der Waals surface area (Å²) in [5.41, 5.74) is 7.88. The molecule has 0 saturated carbocycles. The number of nitrogens with two attached hydrogens (primary N) is 1. The Morgan fingerprint density at radius 1 is 1.31 bits per heavy atom. The number of H-pyrrole nitrogens is 1. The average molecular weight is 278 g/mol. The lowest BCUT2D eigenvalue weighted by molar-refractivity contribution is 0.628. The zero-order valence-electron chi connectivity index (χ0n) is 8.20. The summed E-state index contributed by atoms with van der Waals surface area (Å²) >= 11 is 3.40. The third kappa shape index (κ3) is 1.40. The first-order chi connectivity index (χ1) is 7.74. The average Bonchev–Trinajstić information content (AvgIpc) is 2.82. The molecule has 0 fully saturated rings. The van der Waals surface area contributed by atoms with Gasteiger partial charge in [-0.2, -0.15) is 5.10 Å². The van der Waals surface area contributed by atoms with Crippen LogP contribution in [0, 0.1) is 0 Å². The van der Waals surface area contributed by atoms with Crippen LogP contribution >= 0.6 is 15.9 Å². The van der Waals surface area contributed by atoms with Gasteiger partial charge in [-0.05, 0) is 24.3 Å². The van der Waals surface area contributed by atoms with Gasteiger partial charge in [0.1, 0.15) is 11.3 Å². The topological polar surface area (TPSA) is 67.8 Å². The Hall–Kier alpha value is -1.75. The summed E-state index contributed by atoms with van der Waals surface area (Å²) < 4.78 is 6.68. The van der Waals surface area contributed by atoms with E-state index < -0.39 is 0 Å². The predicted molar refractivity (Wildman–Crippen MR) is 65.9 cm³/mol. The number of aromatic nitrogens is 2. The molecule has 3 N–H and O–H groups in total.